The van der Waals surface area contributed by atoms with Crippen LogP contribution in [0.25, 0.3) is 11.1 Å². The van der Waals surface area contributed by atoms with Crippen LogP contribution in [0.1, 0.15) is 48.4 Å². The van der Waals surface area contributed by atoms with Gasteiger partial charge in [0.25, 0.3) is 0 Å². The largest absolute Gasteiger partial charge is 0.206 e. The van der Waals surface area contributed by atoms with Crippen LogP contribution in [-0.2, 0) is 6.42 Å². The third-order valence-electron chi connectivity index (χ3n) is 4.88. The molecule has 0 aromatic heterocycles. The Balaban J connectivity index is 1.64. The highest BCUT2D eigenvalue weighted by Gasteiger charge is 2.06. The molecule has 0 radical (unpaired) electrons. The van der Waals surface area contributed by atoms with Gasteiger partial charge in [-0.3, -0.25) is 0 Å². The minimum atomic E-state index is -0.254. The molecule has 0 fully saturated rings. The highest BCUT2D eigenvalue weighted by atomic mass is 19.1. The van der Waals surface area contributed by atoms with E-state index in [0.717, 1.165) is 17.5 Å². The van der Waals surface area contributed by atoms with Gasteiger partial charge in [0, 0.05) is 5.56 Å². The Morgan fingerprint density at radius 2 is 1.45 bits per heavy atom. The van der Waals surface area contributed by atoms with Crippen LogP contribution in [0.3, 0.4) is 0 Å². The van der Waals surface area contributed by atoms with Gasteiger partial charge in [-0.1, -0.05) is 86.0 Å². The number of hydrogen-bond donors (Lipinski definition) is 0. The summed E-state index contributed by atoms with van der Waals surface area (Å²) in [5.74, 6) is -0.254. The lowest BCUT2D eigenvalue weighted by atomic mass is 10.00. The Hall–Kier alpha value is -3.07. The first-order valence-corrected chi connectivity index (χ1v) is 10.2. The van der Waals surface area contributed by atoms with Crippen LogP contribution >= 0.6 is 0 Å². The minimum absolute atomic E-state index is 0.254. The fourth-order valence-corrected chi connectivity index (χ4v) is 3.13. The van der Waals surface area contributed by atoms with Crippen molar-refractivity contribution in [3.63, 3.8) is 0 Å². The number of aryl methyl sites for hydroxylation is 2. The molecule has 0 spiro atoms. The molecular weight excluding hydrogens is 359 g/mol. The molecule has 3 heteroatoms. The fraction of sp³-hybridized carbons (Fsp3) is 0.231. The molecule has 0 aliphatic rings. The van der Waals surface area contributed by atoms with E-state index in [0.29, 0.717) is 11.1 Å². The van der Waals surface area contributed by atoms with Crippen molar-refractivity contribution in [3.8, 4) is 11.1 Å². The average molecular weight is 387 g/mol. The van der Waals surface area contributed by atoms with Crippen LogP contribution in [0, 0.1) is 12.7 Å². The van der Waals surface area contributed by atoms with E-state index in [1.165, 1.54) is 36.5 Å². The molecule has 0 heterocycles. The molecule has 0 aliphatic carbocycles. The van der Waals surface area contributed by atoms with Crippen molar-refractivity contribution in [2.24, 2.45) is 10.2 Å². The van der Waals surface area contributed by atoms with Gasteiger partial charge in [0.2, 0.25) is 0 Å². The van der Waals surface area contributed by atoms with E-state index < -0.39 is 0 Å². The highest BCUT2D eigenvalue weighted by Crippen LogP contribution is 2.24. The second-order valence-corrected chi connectivity index (χ2v) is 7.29. The van der Waals surface area contributed by atoms with Gasteiger partial charge in [-0.2, -0.15) is 10.2 Å². The second kappa shape index (κ2) is 10.5. The van der Waals surface area contributed by atoms with Crippen LogP contribution in [0.5, 0.6) is 0 Å². The fourth-order valence-electron chi connectivity index (χ4n) is 3.13. The van der Waals surface area contributed by atoms with E-state index in [2.05, 4.69) is 29.3 Å². The molecule has 0 aliphatic heterocycles. The van der Waals surface area contributed by atoms with Crippen LogP contribution in [0.2, 0.25) is 0 Å². The van der Waals surface area contributed by atoms with E-state index in [9.17, 15) is 4.39 Å². The van der Waals surface area contributed by atoms with Crippen molar-refractivity contribution in [2.45, 2.75) is 39.5 Å². The summed E-state index contributed by atoms with van der Waals surface area (Å²) in [6.45, 7) is 4.25. The molecule has 0 amide bonds. The van der Waals surface area contributed by atoms with E-state index in [1.807, 2.05) is 49.4 Å². The van der Waals surface area contributed by atoms with Crippen molar-refractivity contribution in [1.29, 1.82) is 0 Å². The van der Waals surface area contributed by atoms with Gasteiger partial charge in [0.15, 0.2) is 0 Å². The molecule has 3 aromatic carbocycles. The Kier molecular flexibility index (Phi) is 7.46. The predicted octanol–water partition coefficient (Wildman–Crippen LogP) is 6.99. The van der Waals surface area contributed by atoms with Gasteiger partial charge in [-0.25, -0.2) is 4.39 Å². The number of benzene rings is 3. The van der Waals surface area contributed by atoms with Gasteiger partial charge in [-0.15, -0.1) is 0 Å². The highest BCUT2D eigenvalue weighted by molar-refractivity contribution is 5.83. The number of rotatable bonds is 8. The molecule has 0 saturated heterocycles. The van der Waals surface area contributed by atoms with Crippen molar-refractivity contribution >= 4 is 12.4 Å². The molecule has 0 saturated carbocycles. The summed E-state index contributed by atoms with van der Waals surface area (Å²) in [6.07, 6.45) is 7.99. The number of halogens is 1. The number of unbranched alkanes of at least 4 members (excludes halogenated alkanes) is 2. The maximum absolute atomic E-state index is 14.6. The standard InChI is InChI=1S/C26H27FN2/c1-3-4-5-6-21-11-14-24(15-12-21)25-16-13-23(17-26(25)27)19-29-28-18-22-9-7-20(2)8-10-22/h7-19H,3-6H2,1-2H3. The molecule has 0 unspecified atom stereocenters. The first-order chi connectivity index (χ1) is 14.2. The van der Waals surface area contributed by atoms with Gasteiger partial charge in [0.1, 0.15) is 5.82 Å². The quantitative estimate of drug-likeness (QED) is 0.226. The summed E-state index contributed by atoms with van der Waals surface area (Å²) in [5.41, 5.74) is 5.66. The maximum atomic E-state index is 14.6. The smallest absolute Gasteiger partial charge is 0.131 e. The zero-order valence-electron chi connectivity index (χ0n) is 17.1. The average Bonchev–Trinajstić information content (AvgIpc) is 2.73. The van der Waals surface area contributed by atoms with Crippen molar-refractivity contribution < 1.29 is 4.39 Å². The SMILES string of the molecule is CCCCCc1ccc(-c2ccc(C=NN=Cc3ccc(C)cc3)cc2F)cc1. The van der Waals surface area contributed by atoms with Crippen molar-refractivity contribution in [2.75, 3.05) is 0 Å². The van der Waals surface area contributed by atoms with Gasteiger partial charge in [-0.05, 0) is 48.1 Å². The van der Waals surface area contributed by atoms with Crippen molar-refractivity contribution in [1.82, 2.24) is 0 Å². The van der Waals surface area contributed by atoms with Crippen molar-refractivity contribution in [3.05, 3.63) is 94.8 Å². The molecule has 0 N–H and O–H groups in total. The molecule has 0 atom stereocenters. The summed E-state index contributed by atoms with van der Waals surface area (Å²) in [4.78, 5) is 0. The molecule has 3 aromatic rings. The second-order valence-electron chi connectivity index (χ2n) is 7.29. The summed E-state index contributed by atoms with van der Waals surface area (Å²) < 4.78 is 14.6. The zero-order chi connectivity index (χ0) is 20.5. The Bertz CT molecular complexity index is 971. The normalized spacial score (nSPS) is 11.6. The monoisotopic (exact) mass is 386 g/mol. The molecule has 148 valence electrons. The number of nitrogens with zero attached hydrogens (tertiary/aromatic N) is 2. The number of hydrogen-bond acceptors (Lipinski definition) is 2. The van der Waals surface area contributed by atoms with Crippen LogP contribution in [0.15, 0.2) is 76.9 Å². The lowest BCUT2D eigenvalue weighted by molar-refractivity contribution is 0.631. The lowest BCUT2D eigenvalue weighted by Crippen LogP contribution is -1.90. The third-order valence-corrected chi connectivity index (χ3v) is 4.88. The lowest BCUT2D eigenvalue weighted by Gasteiger charge is -2.06. The molecule has 29 heavy (non-hydrogen) atoms. The van der Waals surface area contributed by atoms with Crippen LogP contribution in [0.4, 0.5) is 4.39 Å². The van der Waals surface area contributed by atoms with E-state index in [4.69, 9.17) is 0 Å². The van der Waals surface area contributed by atoms with Crippen LogP contribution < -0.4 is 0 Å². The van der Waals surface area contributed by atoms with Crippen LogP contribution in [-0.4, -0.2) is 12.4 Å². The summed E-state index contributed by atoms with van der Waals surface area (Å²) in [6, 6.07) is 21.4. The van der Waals surface area contributed by atoms with E-state index in [-0.39, 0.29) is 5.82 Å². The zero-order valence-corrected chi connectivity index (χ0v) is 17.1. The third kappa shape index (κ3) is 6.21. The first-order valence-electron chi connectivity index (χ1n) is 10.2. The molecular formula is C26H27FN2. The summed E-state index contributed by atoms with van der Waals surface area (Å²) in [7, 11) is 0. The first kappa shape index (κ1) is 20.7. The Labute approximate surface area is 172 Å². The molecule has 0 bridgehead atoms. The Morgan fingerprint density at radius 3 is 2.10 bits per heavy atom. The minimum Gasteiger partial charge on any atom is -0.206 e. The van der Waals surface area contributed by atoms with E-state index >= 15 is 0 Å². The molecule has 3 rings (SSSR count). The Morgan fingerprint density at radius 1 is 0.793 bits per heavy atom. The maximum Gasteiger partial charge on any atom is 0.131 e. The predicted molar refractivity (Wildman–Crippen MR) is 121 cm³/mol. The summed E-state index contributed by atoms with van der Waals surface area (Å²) >= 11 is 0. The summed E-state index contributed by atoms with van der Waals surface area (Å²) in [5, 5.41) is 8.07. The molecule has 2 nitrogen and oxygen atoms in total. The van der Waals surface area contributed by atoms with Gasteiger partial charge < -0.3 is 0 Å². The van der Waals surface area contributed by atoms with E-state index in [1.54, 1.807) is 18.5 Å². The topological polar surface area (TPSA) is 24.7 Å². The van der Waals surface area contributed by atoms with Gasteiger partial charge in [0.05, 0.1) is 12.4 Å². The van der Waals surface area contributed by atoms with Gasteiger partial charge >= 0.3 is 0 Å².